The molecule has 2 aromatic rings. The van der Waals surface area contributed by atoms with E-state index in [4.69, 9.17) is 40.3 Å². The van der Waals surface area contributed by atoms with Crippen LogP contribution in [0, 0.1) is 23.7 Å². The summed E-state index contributed by atoms with van der Waals surface area (Å²) in [5.74, 6) is 1.00. The number of allylic oxidation sites excluding steroid dienone is 1. The molecule has 0 amide bonds. The van der Waals surface area contributed by atoms with E-state index in [1.165, 1.54) is 6.08 Å². The van der Waals surface area contributed by atoms with Gasteiger partial charge in [-0.2, -0.15) is 0 Å². The monoisotopic (exact) mass is 568 g/mol. The Balaban J connectivity index is 1.03. The quantitative estimate of drug-likeness (QED) is 0.149. The van der Waals surface area contributed by atoms with Gasteiger partial charge in [-0.05, 0) is 73.9 Å². The van der Waals surface area contributed by atoms with Gasteiger partial charge in [0.25, 0.3) is 0 Å². The van der Waals surface area contributed by atoms with E-state index in [1.807, 2.05) is 31.2 Å². The fourth-order valence-electron chi connectivity index (χ4n) is 6.98. The molecule has 1 aliphatic carbocycles. The second kappa shape index (κ2) is 11.2. The van der Waals surface area contributed by atoms with Gasteiger partial charge < -0.3 is 18.9 Å². The summed E-state index contributed by atoms with van der Waals surface area (Å²) in [5, 5.41) is 0.443. The lowest BCUT2D eigenvalue weighted by Crippen LogP contribution is -2.70. The predicted molar refractivity (Wildman–Crippen MR) is 150 cm³/mol. The fraction of sp³-hybridized carbons (Fsp3) is 0.531. The molecule has 5 aliphatic rings. The smallest absolute Gasteiger partial charge is 0.201 e. The van der Waals surface area contributed by atoms with Gasteiger partial charge in [0.1, 0.15) is 12.4 Å². The van der Waals surface area contributed by atoms with Crippen LogP contribution in [0.15, 0.2) is 54.6 Å². The summed E-state index contributed by atoms with van der Waals surface area (Å²) in [6.07, 6.45) is 6.35. The lowest BCUT2D eigenvalue weighted by Gasteiger charge is -2.60. The van der Waals surface area contributed by atoms with E-state index in [0.29, 0.717) is 35.6 Å². The number of ether oxygens (including phenoxy) is 4. The highest BCUT2D eigenvalue weighted by molar-refractivity contribution is 6.34. The molecule has 4 saturated heterocycles. The van der Waals surface area contributed by atoms with Crippen LogP contribution in [0.1, 0.15) is 62.4 Å². The highest BCUT2D eigenvalue weighted by Gasteiger charge is 2.69. The molecule has 0 N–H and O–H groups in total. The molecule has 7 nitrogen and oxygen atoms in total. The molecule has 1 saturated carbocycles. The first kappa shape index (κ1) is 27.9. The Kier molecular flexibility index (Phi) is 7.81. The summed E-state index contributed by atoms with van der Waals surface area (Å²) in [6, 6.07) is 14.6. The molecule has 40 heavy (non-hydrogen) atoms. The first-order valence-corrected chi connectivity index (χ1v) is 14.7. The molecule has 8 atom stereocenters. The molecule has 2 aromatic carbocycles. The summed E-state index contributed by atoms with van der Waals surface area (Å²) < 4.78 is 25.0. The molecular weight excluding hydrogens is 532 g/mol. The molecule has 4 aliphatic heterocycles. The standard InChI is InChI=1S/C32H37ClO7/c1-20-8-14-26-21(2)29(37-30-32(26)25(20)16-17-31(3,38-30)39-40-32)36-19-18-35-23-12-9-22(10-13-23)11-15-28(34)24-6-4-5-7-27(24)33/h4-7,9-13,15,20-21,25-26,29-30H,8,14,16-19H2,1-3H3/b15-11+/t20-,21-,25+,26+,29+,30-,31-,32-/m1/s1. The van der Waals surface area contributed by atoms with Gasteiger partial charge in [-0.25, -0.2) is 9.78 Å². The largest absolute Gasteiger partial charge is 0.491 e. The van der Waals surface area contributed by atoms with Crippen LogP contribution < -0.4 is 4.74 Å². The average molecular weight is 569 g/mol. The third-order valence-electron chi connectivity index (χ3n) is 9.18. The van der Waals surface area contributed by atoms with Crippen molar-refractivity contribution in [2.45, 2.75) is 70.4 Å². The minimum atomic E-state index is -0.797. The van der Waals surface area contributed by atoms with Crippen LogP contribution in [-0.2, 0) is 24.0 Å². The van der Waals surface area contributed by atoms with Crippen LogP contribution in [-0.4, -0.2) is 43.0 Å². The SMILES string of the molecule is C[C@H]1[C@@H](OCCOc2ccc(/C=C/C(=O)c3ccccc3Cl)cc2)O[C@@H]2O[C@@]3(C)CC[C@H]4[C@H](C)CC[C@@H]1[C@@]24OO3. The number of rotatable bonds is 8. The summed E-state index contributed by atoms with van der Waals surface area (Å²) in [7, 11) is 0. The van der Waals surface area contributed by atoms with Crippen molar-refractivity contribution in [3.8, 4) is 5.75 Å². The zero-order chi connectivity index (χ0) is 27.9. The third kappa shape index (κ3) is 5.13. The van der Waals surface area contributed by atoms with Crippen LogP contribution in [0.3, 0.4) is 0 Å². The summed E-state index contributed by atoms with van der Waals surface area (Å²) in [5.41, 5.74) is 0.787. The van der Waals surface area contributed by atoms with Crippen LogP contribution in [0.5, 0.6) is 5.75 Å². The number of halogens is 1. The molecule has 0 unspecified atom stereocenters. The van der Waals surface area contributed by atoms with E-state index in [9.17, 15) is 4.79 Å². The molecule has 8 heteroatoms. The number of hydrogen-bond acceptors (Lipinski definition) is 7. The molecule has 1 spiro atoms. The lowest BCUT2D eigenvalue weighted by molar-refractivity contribution is -0.577. The van der Waals surface area contributed by atoms with E-state index in [1.54, 1.807) is 30.3 Å². The third-order valence-corrected chi connectivity index (χ3v) is 9.51. The molecule has 0 radical (unpaired) electrons. The number of fused-ring (bicyclic) bond motifs is 2. The number of benzene rings is 2. The van der Waals surface area contributed by atoms with Crippen LogP contribution in [0.2, 0.25) is 5.02 Å². The van der Waals surface area contributed by atoms with Crippen molar-refractivity contribution in [2.75, 3.05) is 13.2 Å². The summed E-state index contributed by atoms with van der Waals surface area (Å²) >= 11 is 6.12. The zero-order valence-electron chi connectivity index (χ0n) is 23.2. The second-order valence-electron chi connectivity index (χ2n) is 11.7. The maximum absolute atomic E-state index is 12.4. The van der Waals surface area contributed by atoms with E-state index < -0.39 is 24.0 Å². The van der Waals surface area contributed by atoms with E-state index in [2.05, 4.69) is 13.8 Å². The Morgan fingerprint density at radius 2 is 1.82 bits per heavy atom. The van der Waals surface area contributed by atoms with Crippen molar-refractivity contribution in [3.05, 3.63) is 70.8 Å². The average Bonchev–Trinajstić information content (AvgIpc) is 3.19. The van der Waals surface area contributed by atoms with Crippen molar-refractivity contribution in [2.24, 2.45) is 23.7 Å². The maximum atomic E-state index is 12.4. The van der Waals surface area contributed by atoms with Crippen LogP contribution in [0.25, 0.3) is 6.08 Å². The summed E-state index contributed by atoms with van der Waals surface area (Å²) in [4.78, 5) is 24.5. The molecule has 4 heterocycles. The number of hydrogen-bond donors (Lipinski definition) is 0. The molecule has 214 valence electrons. The number of ketones is 1. The Hall–Kier alpha value is -2.26. The van der Waals surface area contributed by atoms with E-state index >= 15 is 0 Å². The van der Waals surface area contributed by atoms with Gasteiger partial charge >= 0.3 is 0 Å². The van der Waals surface area contributed by atoms with Gasteiger partial charge in [0, 0.05) is 23.8 Å². The van der Waals surface area contributed by atoms with Crippen molar-refractivity contribution >= 4 is 23.5 Å². The highest BCUT2D eigenvalue weighted by Crippen LogP contribution is 2.60. The topological polar surface area (TPSA) is 72.5 Å². The molecular formula is C32H37ClO7. The minimum Gasteiger partial charge on any atom is -0.491 e. The predicted octanol–water partition coefficient (Wildman–Crippen LogP) is 6.84. The van der Waals surface area contributed by atoms with Crippen LogP contribution in [0.4, 0.5) is 0 Å². The second-order valence-corrected chi connectivity index (χ2v) is 12.1. The fourth-order valence-corrected chi connectivity index (χ4v) is 7.21. The Morgan fingerprint density at radius 1 is 1.02 bits per heavy atom. The molecule has 2 bridgehead atoms. The number of carbonyl (C=O) groups excluding carboxylic acids is 1. The van der Waals surface area contributed by atoms with E-state index in [-0.39, 0.29) is 17.6 Å². The maximum Gasteiger partial charge on any atom is 0.201 e. The Labute approximate surface area is 240 Å². The minimum absolute atomic E-state index is 0.125. The van der Waals surface area contributed by atoms with Crippen LogP contribution >= 0.6 is 11.6 Å². The van der Waals surface area contributed by atoms with Gasteiger partial charge in [-0.1, -0.05) is 55.8 Å². The first-order chi connectivity index (χ1) is 19.3. The van der Waals surface area contributed by atoms with Gasteiger partial charge in [0.05, 0.1) is 11.6 Å². The van der Waals surface area contributed by atoms with Gasteiger partial charge in [-0.3, -0.25) is 4.79 Å². The van der Waals surface area contributed by atoms with Gasteiger partial charge in [0.2, 0.25) is 5.79 Å². The Morgan fingerprint density at radius 3 is 2.62 bits per heavy atom. The van der Waals surface area contributed by atoms with Gasteiger partial charge in [0.15, 0.2) is 24.0 Å². The van der Waals surface area contributed by atoms with Crippen molar-refractivity contribution < 1.29 is 33.5 Å². The van der Waals surface area contributed by atoms with Crippen molar-refractivity contribution in [1.82, 2.24) is 0 Å². The Bertz CT molecular complexity index is 1250. The lowest BCUT2D eigenvalue weighted by atomic mass is 9.58. The normalized spacial score (nSPS) is 36.7. The number of carbonyl (C=O) groups is 1. The van der Waals surface area contributed by atoms with Crippen molar-refractivity contribution in [3.63, 3.8) is 0 Å². The van der Waals surface area contributed by atoms with Gasteiger partial charge in [-0.15, -0.1) is 0 Å². The molecule has 0 aromatic heterocycles. The molecule has 5 fully saturated rings. The summed E-state index contributed by atoms with van der Waals surface area (Å²) in [6.45, 7) is 7.18. The zero-order valence-corrected chi connectivity index (χ0v) is 24.0. The van der Waals surface area contributed by atoms with E-state index in [0.717, 1.165) is 37.0 Å². The van der Waals surface area contributed by atoms with Crippen molar-refractivity contribution in [1.29, 1.82) is 0 Å². The molecule has 7 rings (SSSR count). The first-order valence-electron chi connectivity index (χ1n) is 14.3. The highest BCUT2D eigenvalue weighted by atomic mass is 35.5.